The summed E-state index contributed by atoms with van der Waals surface area (Å²) in [7, 11) is 0. The van der Waals surface area contributed by atoms with Crippen molar-refractivity contribution in [1.29, 1.82) is 0 Å². The van der Waals surface area contributed by atoms with Gasteiger partial charge in [-0.05, 0) is 93.1 Å². The lowest BCUT2D eigenvalue weighted by Crippen LogP contribution is -2.25. The standard InChI is InChI=1S/C21H29/c1-2-6-17-9-11-19(12-10-17)21-15-13-20(14-16-21)18-7-4-3-5-8-18/h2,4-5,7-8,17,19-21H,1,6,9-16H2/t17-,19-,20?,21?. The Balaban J connectivity index is 1.47. The van der Waals surface area contributed by atoms with Crippen molar-refractivity contribution >= 4 is 0 Å². The summed E-state index contributed by atoms with van der Waals surface area (Å²) in [4.78, 5) is 0. The van der Waals surface area contributed by atoms with E-state index in [-0.39, 0.29) is 0 Å². The third kappa shape index (κ3) is 3.78. The Morgan fingerprint density at radius 2 is 1.48 bits per heavy atom. The van der Waals surface area contributed by atoms with Crippen LogP contribution in [-0.4, -0.2) is 0 Å². The van der Waals surface area contributed by atoms with Crippen molar-refractivity contribution in [3.8, 4) is 0 Å². The molecule has 3 rings (SSSR count). The van der Waals surface area contributed by atoms with E-state index in [1.54, 1.807) is 5.56 Å². The van der Waals surface area contributed by atoms with Gasteiger partial charge in [-0.25, -0.2) is 0 Å². The Kier molecular flexibility index (Phi) is 5.17. The Bertz CT molecular complexity index is 417. The third-order valence-electron chi connectivity index (χ3n) is 6.05. The highest BCUT2D eigenvalue weighted by Gasteiger charge is 2.30. The van der Waals surface area contributed by atoms with E-state index in [1.165, 1.54) is 57.8 Å². The summed E-state index contributed by atoms with van der Waals surface area (Å²) in [6, 6.07) is 11.8. The average Bonchev–Trinajstić information content (AvgIpc) is 2.57. The third-order valence-corrected chi connectivity index (χ3v) is 6.05. The predicted molar refractivity (Wildman–Crippen MR) is 90.2 cm³/mol. The van der Waals surface area contributed by atoms with Crippen LogP contribution >= 0.6 is 0 Å². The zero-order valence-corrected chi connectivity index (χ0v) is 13.3. The van der Waals surface area contributed by atoms with Gasteiger partial charge in [0.2, 0.25) is 0 Å². The fourth-order valence-electron chi connectivity index (χ4n) is 4.73. The van der Waals surface area contributed by atoms with Crippen LogP contribution in [0.4, 0.5) is 0 Å². The molecule has 0 unspecified atom stereocenters. The van der Waals surface area contributed by atoms with Crippen LogP contribution in [-0.2, 0) is 0 Å². The summed E-state index contributed by atoms with van der Waals surface area (Å²) in [5.41, 5.74) is 1.54. The highest BCUT2D eigenvalue weighted by Crippen LogP contribution is 2.44. The summed E-state index contributed by atoms with van der Waals surface area (Å²) in [5.74, 6) is 3.79. The molecule has 21 heavy (non-hydrogen) atoms. The minimum Gasteiger partial charge on any atom is -0.103 e. The quantitative estimate of drug-likeness (QED) is 0.581. The van der Waals surface area contributed by atoms with Gasteiger partial charge in [-0.15, -0.1) is 6.58 Å². The van der Waals surface area contributed by atoms with E-state index in [1.807, 2.05) is 0 Å². The Morgan fingerprint density at radius 3 is 2.05 bits per heavy atom. The van der Waals surface area contributed by atoms with Gasteiger partial charge < -0.3 is 0 Å². The normalized spacial score (nSPS) is 33.5. The molecule has 0 aromatic heterocycles. The van der Waals surface area contributed by atoms with Gasteiger partial charge in [0.25, 0.3) is 0 Å². The average molecular weight is 281 g/mol. The maximum absolute atomic E-state index is 3.90. The molecule has 1 aromatic carbocycles. The molecule has 0 saturated heterocycles. The second kappa shape index (κ2) is 7.29. The molecule has 1 radical (unpaired) electrons. The number of hydrogen-bond acceptors (Lipinski definition) is 0. The van der Waals surface area contributed by atoms with Gasteiger partial charge in [-0.1, -0.05) is 30.3 Å². The maximum atomic E-state index is 3.90. The zero-order chi connectivity index (χ0) is 14.5. The molecule has 0 N–H and O–H groups in total. The number of hydrogen-bond donors (Lipinski definition) is 0. The van der Waals surface area contributed by atoms with Gasteiger partial charge in [0, 0.05) is 0 Å². The van der Waals surface area contributed by atoms with E-state index in [2.05, 4.69) is 43.0 Å². The topological polar surface area (TPSA) is 0 Å². The lowest BCUT2D eigenvalue weighted by molar-refractivity contribution is 0.161. The molecule has 0 atom stereocenters. The molecule has 0 amide bonds. The highest BCUT2D eigenvalue weighted by molar-refractivity contribution is 5.19. The van der Waals surface area contributed by atoms with Crippen LogP contribution in [0.15, 0.2) is 36.9 Å². The number of benzene rings is 1. The highest BCUT2D eigenvalue weighted by atomic mass is 14.4. The molecule has 0 spiro atoms. The number of allylic oxidation sites excluding steroid dienone is 1. The molecule has 0 aliphatic heterocycles. The molecular formula is C21H29. The van der Waals surface area contributed by atoms with Crippen molar-refractivity contribution in [3.63, 3.8) is 0 Å². The number of rotatable bonds is 4. The van der Waals surface area contributed by atoms with E-state index in [9.17, 15) is 0 Å². The summed E-state index contributed by atoms with van der Waals surface area (Å²) >= 11 is 0. The summed E-state index contributed by atoms with van der Waals surface area (Å²) < 4.78 is 0. The first-order valence-corrected chi connectivity index (χ1v) is 8.93. The smallest absolute Gasteiger partial charge is 0.0162 e. The fraction of sp³-hybridized carbons (Fsp3) is 0.619. The van der Waals surface area contributed by atoms with Crippen LogP contribution in [0, 0.1) is 23.8 Å². The first-order valence-electron chi connectivity index (χ1n) is 8.93. The van der Waals surface area contributed by atoms with Gasteiger partial charge in [0.05, 0.1) is 0 Å². The lowest BCUT2D eigenvalue weighted by atomic mass is 9.68. The molecule has 0 nitrogen and oxygen atoms in total. The van der Waals surface area contributed by atoms with E-state index in [4.69, 9.17) is 0 Å². The molecule has 2 saturated carbocycles. The summed E-state index contributed by atoms with van der Waals surface area (Å²) in [6.45, 7) is 3.90. The molecule has 0 bridgehead atoms. The van der Waals surface area contributed by atoms with E-state index in [0.29, 0.717) is 0 Å². The monoisotopic (exact) mass is 281 g/mol. The molecule has 113 valence electrons. The second-order valence-corrected chi connectivity index (χ2v) is 7.25. The van der Waals surface area contributed by atoms with Crippen molar-refractivity contribution in [3.05, 3.63) is 48.6 Å². The molecule has 2 aliphatic rings. The molecule has 0 heterocycles. The van der Waals surface area contributed by atoms with Crippen LogP contribution < -0.4 is 0 Å². The second-order valence-electron chi connectivity index (χ2n) is 7.25. The molecule has 0 heteroatoms. The van der Waals surface area contributed by atoms with E-state index < -0.39 is 0 Å². The van der Waals surface area contributed by atoms with Gasteiger partial charge in [-0.2, -0.15) is 0 Å². The van der Waals surface area contributed by atoms with Crippen molar-refractivity contribution < 1.29 is 0 Å². The van der Waals surface area contributed by atoms with Crippen LogP contribution in [0.25, 0.3) is 0 Å². The summed E-state index contributed by atoms with van der Waals surface area (Å²) in [6.07, 6.45) is 14.9. The largest absolute Gasteiger partial charge is 0.103 e. The molecule has 1 aromatic rings. The van der Waals surface area contributed by atoms with Gasteiger partial charge in [0.1, 0.15) is 0 Å². The van der Waals surface area contributed by atoms with Crippen molar-refractivity contribution in [1.82, 2.24) is 0 Å². The van der Waals surface area contributed by atoms with E-state index >= 15 is 0 Å². The van der Waals surface area contributed by atoms with Crippen LogP contribution in [0.2, 0.25) is 0 Å². The lowest BCUT2D eigenvalue weighted by Gasteiger charge is -2.38. The molecule has 2 aliphatic carbocycles. The molecule has 2 fully saturated rings. The van der Waals surface area contributed by atoms with Crippen molar-refractivity contribution in [2.45, 2.75) is 63.7 Å². The van der Waals surface area contributed by atoms with Crippen LogP contribution in [0.5, 0.6) is 0 Å². The van der Waals surface area contributed by atoms with Gasteiger partial charge >= 0.3 is 0 Å². The molecular weight excluding hydrogens is 252 g/mol. The van der Waals surface area contributed by atoms with Crippen LogP contribution in [0.3, 0.4) is 0 Å². The van der Waals surface area contributed by atoms with Crippen molar-refractivity contribution in [2.75, 3.05) is 0 Å². The first-order chi connectivity index (χ1) is 10.4. The maximum Gasteiger partial charge on any atom is -0.0162 e. The minimum absolute atomic E-state index is 0.813. The Morgan fingerprint density at radius 1 is 0.905 bits per heavy atom. The van der Waals surface area contributed by atoms with Gasteiger partial charge in [-0.3, -0.25) is 0 Å². The summed E-state index contributed by atoms with van der Waals surface area (Å²) in [5, 5.41) is 0. The van der Waals surface area contributed by atoms with Gasteiger partial charge in [0.15, 0.2) is 0 Å². The Hall–Kier alpha value is -1.04. The Labute approximate surface area is 130 Å². The zero-order valence-electron chi connectivity index (χ0n) is 13.3. The fourth-order valence-corrected chi connectivity index (χ4v) is 4.73. The minimum atomic E-state index is 0.813. The van der Waals surface area contributed by atoms with E-state index in [0.717, 1.165) is 23.7 Å². The van der Waals surface area contributed by atoms with Crippen molar-refractivity contribution in [2.24, 2.45) is 17.8 Å². The SMILES string of the molecule is C=CC[C@H]1CC[C@H](C2CCC(c3cc[c]cc3)CC2)CC1. The first kappa shape index (κ1) is 14.9. The van der Waals surface area contributed by atoms with Crippen LogP contribution in [0.1, 0.15) is 69.3 Å². The predicted octanol–water partition coefficient (Wildman–Crippen LogP) is 6.14.